The molecule has 0 heterocycles. The van der Waals surface area contributed by atoms with E-state index in [1.807, 2.05) is 18.2 Å². The Bertz CT molecular complexity index is 811. The van der Waals surface area contributed by atoms with E-state index in [0.717, 1.165) is 14.5 Å². The highest BCUT2D eigenvalue weighted by molar-refractivity contribution is 9.11. The monoisotopic (exact) mass is 434 g/mol. The topological polar surface area (TPSA) is 62.1 Å². The fourth-order valence-corrected chi connectivity index (χ4v) is 3.37. The van der Waals surface area contributed by atoms with Crippen LogP contribution in [0.2, 0.25) is 0 Å². The molecule has 0 spiro atoms. The highest BCUT2D eigenvalue weighted by Gasteiger charge is 2.08. The summed E-state index contributed by atoms with van der Waals surface area (Å²) in [6.07, 6.45) is 3.05. The zero-order chi connectivity index (χ0) is 16.8. The van der Waals surface area contributed by atoms with Gasteiger partial charge in [-0.1, -0.05) is 28.1 Å². The fraction of sp³-hybridized carbons (Fsp3) is 0.0588. The maximum absolute atomic E-state index is 12.1. The summed E-state index contributed by atoms with van der Waals surface area (Å²) in [5.41, 5.74) is 1.64. The number of nitrogens with one attached hydrogen (secondary N) is 1. The number of methoxy groups -OCH3 is 1. The van der Waals surface area contributed by atoms with E-state index in [4.69, 9.17) is 10.00 Å². The molecule has 0 aromatic heterocycles. The first-order valence-corrected chi connectivity index (χ1v) is 8.15. The molecule has 0 saturated carbocycles. The average molecular weight is 436 g/mol. The molecule has 1 amide bonds. The van der Waals surface area contributed by atoms with E-state index in [1.54, 1.807) is 37.5 Å². The molecule has 0 aliphatic heterocycles. The van der Waals surface area contributed by atoms with Gasteiger partial charge in [0, 0.05) is 16.1 Å². The average Bonchev–Trinajstić information content (AvgIpc) is 2.53. The number of nitriles is 1. The van der Waals surface area contributed by atoms with Crippen LogP contribution in [0.25, 0.3) is 6.08 Å². The molecule has 6 heteroatoms. The summed E-state index contributed by atoms with van der Waals surface area (Å²) in [5.74, 6) is 0.306. The Morgan fingerprint density at radius 2 is 2.04 bits per heavy atom. The van der Waals surface area contributed by atoms with Gasteiger partial charge >= 0.3 is 0 Å². The highest BCUT2D eigenvalue weighted by atomic mass is 79.9. The van der Waals surface area contributed by atoms with Gasteiger partial charge in [-0.25, -0.2) is 0 Å². The van der Waals surface area contributed by atoms with Gasteiger partial charge < -0.3 is 10.1 Å². The number of hydrogen-bond acceptors (Lipinski definition) is 3. The molecular formula is C17H12Br2N2O2. The Labute approximate surface area is 151 Å². The molecule has 2 aromatic carbocycles. The number of para-hydroxylation sites is 1. The summed E-state index contributed by atoms with van der Waals surface area (Å²) in [5, 5.41) is 11.7. The van der Waals surface area contributed by atoms with Gasteiger partial charge in [-0.3, -0.25) is 4.79 Å². The minimum absolute atomic E-state index is 0.328. The summed E-state index contributed by atoms with van der Waals surface area (Å²) in [6, 6.07) is 12.6. The molecular weight excluding hydrogens is 424 g/mol. The molecule has 0 unspecified atom stereocenters. The SMILES string of the molecule is COc1c(Br)cc(Br)cc1C=CC(=O)Nc1ccccc1C#N. The molecule has 1 N–H and O–H groups in total. The van der Waals surface area contributed by atoms with Crippen molar-refractivity contribution < 1.29 is 9.53 Å². The van der Waals surface area contributed by atoms with E-state index in [9.17, 15) is 4.79 Å². The van der Waals surface area contributed by atoms with Gasteiger partial charge in [-0.15, -0.1) is 0 Å². The van der Waals surface area contributed by atoms with Crippen LogP contribution in [-0.2, 0) is 4.79 Å². The first kappa shape index (κ1) is 17.3. The van der Waals surface area contributed by atoms with Gasteiger partial charge in [0.1, 0.15) is 11.8 Å². The van der Waals surface area contributed by atoms with Crippen molar-refractivity contribution in [3.05, 3.63) is 62.5 Å². The van der Waals surface area contributed by atoms with Crippen molar-refractivity contribution in [1.29, 1.82) is 5.26 Å². The Balaban J connectivity index is 2.21. The largest absolute Gasteiger partial charge is 0.495 e. The number of nitrogens with zero attached hydrogens (tertiary/aromatic N) is 1. The highest BCUT2D eigenvalue weighted by Crippen LogP contribution is 2.33. The van der Waals surface area contributed by atoms with E-state index >= 15 is 0 Å². The molecule has 0 atom stereocenters. The number of benzene rings is 2. The Kier molecular flexibility index (Phi) is 5.97. The Morgan fingerprint density at radius 3 is 2.74 bits per heavy atom. The lowest BCUT2D eigenvalue weighted by molar-refractivity contribution is -0.111. The number of anilines is 1. The lowest BCUT2D eigenvalue weighted by Gasteiger charge is -2.08. The van der Waals surface area contributed by atoms with Crippen LogP contribution in [0.1, 0.15) is 11.1 Å². The fourth-order valence-electron chi connectivity index (χ4n) is 1.95. The molecule has 23 heavy (non-hydrogen) atoms. The molecule has 2 aromatic rings. The molecule has 0 aliphatic carbocycles. The molecule has 4 nitrogen and oxygen atoms in total. The predicted octanol–water partition coefficient (Wildman–Crippen LogP) is 4.74. The Morgan fingerprint density at radius 1 is 1.30 bits per heavy atom. The molecule has 0 bridgehead atoms. The van der Waals surface area contributed by atoms with Crippen LogP contribution in [0.4, 0.5) is 5.69 Å². The summed E-state index contributed by atoms with van der Waals surface area (Å²) < 4.78 is 6.97. The number of halogens is 2. The molecule has 2 rings (SSSR count). The van der Waals surface area contributed by atoms with Crippen molar-refractivity contribution in [3.63, 3.8) is 0 Å². The minimum atomic E-state index is -0.328. The van der Waals surface area contributed by atoms with Crippen molar-refractivity contribution in [2.24, 2.45) is 0 Å². The number of carbonyl (C=O) groups is 1. The summed E-state index contributed by atoms with van der Waals surface area (Å²) in [4.78, 5) is 12.1. The third kappa shape index (κ3) is 4.44. The van der Waals surface area contributed by atoms with E-state index in [-0.39, 0.29) is 5.91 Å². The van der Waals surface area contributed by atoms with Crippen LogP contribution in [-0.4, -0.2) is 13.0 Å². The van der Waals surface area contributed by atoms with Crippen molar-refractivity contribution in [2.75, 3.05) is 12.4 Å². The maximum Gasteiger partial charge on any atom is 0.248 e. The van der Waals surface area contributed by atoms with Gasteiger partial charge in [0.25, 0.3) is 0 Å². The molecule has 0 fully saturated rings. The van der Waals surface area contributed by atoms with Crippen LogP contribution in [0.3, 0.4) is 0 Å². The van der Waals surface area contributed by atoms with Gasteiger partial charge in [-0.05, 0) is 46.3 Å². The number of rotatable bonds is 4. The molecule has 0 radical (unpaired) electrons. The summed E-state index contributed by atoms with van der Waals surface area (Å²) >= 11 is 6.81. The predicted molar refractivity (Wildman–Crippen MR) is 97.2 cm³/mol. The summed E-state index contributed by atoms with van der Waals surface area (Å²) in [6.45, 7) is 0. The van der Waals surface area contributed by atoms with E-state index in [0.29, 0.717) is 17.0 Å². The third-order valence-electron chi connectivity index (χ3n) is 2.96. The van der Waals surface area contributed by atoms with Crippen LogP contribution in [0.5, 0.6) is 5.75 Å². The van der Waals surface area contributed by atoms with Crippen molar-refractivity contribution in [3.8, 4) is 11.8 Å². The van der Waals surface area contributed by atoms with Crippen LogP contribution in [0.15, 0.2) is 51.4 Å². The second kappa shape index (κ2) is 7.95. The Hall–Kier alpha value is -2.10. The molecule has 0 saturated heterocycles. The molecule has 0 aliphatic rings. The van der Waals surface area contributed by atoms with E-state index in [2.05, 4.69) is 37.2 Å². The van der Waals surface area contributed by atoms with Crippen molar-refractivity contribution in [2.45, 2.75) is 0 Å². The first-order valence-electron chi connectivity index (χ1n) is 6.56. The van der Waals surface area contributed by atoms with Gasteiger partial charge in [0.2, 0.25) is 5.91 Å². The number of carbonyl (C=O) groups excluding carboxylic acids is 1. The van der Waals surface area contributed by atoms with E-state index < -0.39 is 0 Å². The molecule has 116 valence electrons. The number of ether oxygens (including phenoxy) is 1. The first-order chi connectivity index (χ1) is 11.0. The smallest absolute Gasteiger partial charge is 0.248 e. The van der Waals surface area contributed by atoms with Crippen molar-refractivity contribution >= 4 is 49.5 Å². The van der Waals surface area contributed by atoms with E-state index in [1.165, 1.54) is 6.08 Å². The van der Waals surface area contributed by atoms with Crippen LogP contribution in [0, 0.1) is 11.3 Å². The number of hydrogen-bond donors (Lipinski definition) is 1. The zero-order valence-corrected chi connectivity index (χ0v) is 15.3. The van der Waals surface area contributed by atoms with Gasteiger partial charge in [-0.2, -0.15) is 5.26 Å². The maximum atomic E-state index is 12.1. The minimum Gasteiger partial charge on any atom is -0.495 e. The van der Waals surface area contributed by atoms with Crippen LogP contribution >= 0.6 is 31.9 Å². The normalized spacial score (nSPS) is 10.3. The zero-order valence-electron chi connectivity index (χ0n) is 12.1. The quantitative estimate of drug-likeness (QED) is 0.705. The van der Waals surface area contributed by atoms with Crippen molar-refractivity contribution in [1.82, 2.24) is 0 Å². The third-order valence-corrected chi connectivity index (χ3v) is 4.01. The lowest BCUT2D eigenvalue weighted by Crippen LogP contribution is -2.09. The van der Waals surface area contributed by atoms with Crippen LogP contribution < -0.4 is 10.1 Å². The standard InChI is InChI=1S/C17H12Br2N2O2/c1-23-17-11(8-13(18)9-14(17)19)6-7-16(22)21-15-5-3-2-4-12(15)10-20/h2-9H,1H3,(H,21,22). The van der Waals surface area contributed by atoms with Gasteiger partial charge in [0.15, 0.2) is 0 Å². The lowest BCUT2D eigenvalue weighted by atomic mass is 10.1. The summed E-state index contributed by atoms with van der Waals surface area (Å²) in [7, 11) is 1.56. The van der Waals surface area contributed by atoms with Gasteiger partial charge in [0.05, 0.1) is 22.8 Å². The second-order valence-electron chi connectivity index (χ2n) is 4.49. The number of amides is 1. The second-order valence-corrected chi connectivity index (χ2v) is 6.26.